The van der Waals surface area contributed by atoms with Crippen LogP contribution in [0.5, 0.6) is 5.75 Å². The number of fused-ring (bicyclic) bond motifs is 2. The van der Waals surface area contributed by atoms with E-state index < -0.39 is 0 Å². The highest BCUT2D eigenvalue weighted by atomic mass is 16.5. The van der Waals surface area contributed by atoms with Crippen LogP contribution in [-0.2, 0) is 6.54 Å². The maximum atomic E-state index is 9.83. The van der Waals surface area contributed by atoms with Crippen LogP contribution in [0.25, 0.3) is 0 Å². The fraction of sp³-hybridized carbons (Fsp3) is 0.625. The van der Waals surface area contributed by atoms with Crippen LogP contribution in [0.15, 0.2) is 24.3 Å². The molecule has 2 heterocycles. The van der Waals surface area contributed by atoms with Crippen molar-refractivity contribution in [1.82, 2.24) is 4.90 Å². The number of piperidine rings is 1. The van der Waals surface area contributed by atoms with Crippen molar-refractivity contribution in [2.24, 2.45) is 0 Å². The highest BCUT2D eigenvalue weighted by Crippen LogP contribution is 2.36. The lowest BCUT2D eigenvalue weighted by molar-refractivity contribution is 0.0310. The van der Waals surface area contributed by atoms with Gasteiger partial charge < -0.3 is 9.84 Å². The van der Waals surface area contributed by atoms with Gasteiger partial charge >= 0.3 is 0 Å². The first kappa shape index (κ1) is 12.9. The standard InChI is InChI=1S/C16H23NO2/c1-2-19-16-7-3-12(4-8-16)11-17-13-5-6-14(17)10-15(18)9-13/h3-4,7-8,13-15,18H,2,5-6,9-11H2,1H3. The first-order chi connectivity index (χ1) is 9.26. The molecule has 3 nitrogen and oxygen atoms in total. The van der Waals surface area contributed by atoms with E-state index >= 15 is 0 Å². The van der Waals surface area contributed by atoms with Crippen LogP contribution < -0.4 is 4.74 Å². The molecule has 2 bridgehead atoms. The van der Waals surface area contributed by atoms with E-state index in [0.29, 0.717) is 18.7 Å². The Labute approximate surface area is 115 Å². The molecule has 1 aromatic carbocycles. The van der Waals surface area contributed by atoms with Crippen LogP contribution >= 0.6 is 0 Å². The maximum absolute atomic E-state index is 9.83. The summed E-state index contributed by atoms with van der Waals surface area (Å²) in [5, 5.41) is 9.83. The summed E-state index contributed by atoms with van der Waals surface area (Å²) in [4.78, 5) is 2.59. The quantitative estimate of drug-likeness (QED) is 0.904. The van der Waals surface area contributed by atoms with Gasteiger partial charge in [-0.15, -0.1) is 0 Å². The summed E-state index contributed by atoms with van der Waals surface area (Å²) in [6, 6.07) is 9.60. The molecule has 2 fully saturated rings. The van der Waals surface area contributed by atoms with Gasteiger partial charge in [0.15, 0.2) is 0 Å². The number of ether oxygens (including phenoxy) is 1. The van der Waals surface area contributed by atoms with E-state index in [1.165, 1.54) is 18.4 Å². The molecule has 3 rings (SSSR count). The lowest BCUT2D eigenvalue weighted by atomic mass is 9.99. The average Bonchev–Trinajstić information content (AvgIpc) is 2.64. The Balaban J connectivity index is 1.65. The first-order valence-electron chi connectivity index (χ1n) is 7.42. The summed E-state index contributed by atoms with van der Waals surface area (Å²) in [6.07, 6.45) is 4.33. The van der Waals surface area contributed by atoms with E-state index in [2.05, 4.69) is 29.2 Å². The van der Waals surface area contributed by atoms with Crippen LogP contribution in [-0.4, -0.2) is 34.8 Å². The zero-order valence-electron chi connectivity index (χ0n) is 11.6. The molecule has 2 saturated heterocycles. The van der Waals surface area contributed by atoms with Gasteiger partial charge in [-0.25, -0.2) is 0 Å². The SMILES string of the molecule is CCOc1ccc(CN2C3CCC2CC(O)C3)cc1. The van der Waals surface area contributed by atoms with Gasteiger partial charge in [0.1, 0.15) is 5.75 Å². The molecule has 2 atom stereocenters. The molecule has 0 radical (unpaired) electrons. The molecule has 0 saturated carbocycles. The minimum atomic E-state index is -0.0749. The third-order valence-electron chi connectivity index (χ3n) is 4.46. The van der Waals surface area contributed by atoms with Gasteiger partial charge in [0.05, 0.1) is 12.7 Å². The third kappa shape index (κ3) is 2.77. The largest absolute Gasteiger partial charge is 0.494 e. The molecule has 2 aliphatic heterocycles. The Hall–Kier alpha value is -1.06. The highest BCUT2D eigenvalue weighted by Gasteiger charge is 2.39. The van der Waals surface area contributed by atoms with Crippen molar-refractivity contribution in [2.45, 2.75) is 57.3 Å². The van der Waals surface area contributed by atoms with E-state index in [4.69, 9.17) is 4.74 Å². The van der Waals surface area contributed by atoms with Gasteiger partial charge in [-0.3, -0.25) is 4.90 Å². The van der Waals surface area contributed by atoms with Gasteiger partial charge in [0.2, 0.25) is 0 Å². The summed E-state index contributed by atoms with van der Waals surface area (Å²) in [5.41, 5.74) is 1.34. The number of rotatable bonds is 4. The number of hydrogen-bond acceptors (Lipinski definition) is 3. The summed E-state index contributed by atoms with van der Waals surface area (Å²) >= 11 is 0. The molecule has 0 aromatic heterocycles. The molecule has 0 aliphatic carbocycles. The van der Waals surface area contributed by atoms with Crippen molar-refractivity contribution in [3.8, 4) is 5.75 Å². The molecule has 19 heavy (non-hydrogen) atoms. The van der Waals surface area contributed by atoms with E-state index in [0.717, 1.165) is 25.1 Å². The van der Waals surface area contributed by atoms with Gasteiger partial charge in [-0.2, -0.15) is 0 Å². The second-order valence-electron chi connectivity index (χ2n) is 5.76. The summed E-state index contributed by atoms with van der Waals surface area (Å²) < 4.78 is 5.47. The van der Waals surface area contributed by atoms with Crippen LogP contribution in [0, 0.1) is 0 Å². The monoisotopic (exact) mass is 261 g/mol. The average molecular weight is 261 g/mol. The zero-order valence-corrected chi connectivity index (χ0v) is 11.6. The van der Waals surface area contributed by atoms with Crippen LogP contribution in [0.2, 0.25) is 0 Å². The number of aliphatic hydroxyl groups excluding tert-OH is 1. The normalized spacial score (nSPS) is 30.5. The molecule has 0 amide bonds. The van der Waals surface area contributed by atoms with E-state index in [1.54, 1.807) is 0 Å². The zero-order chi connectivity index (χ0) is 13.2. The van der Waals surface area contributed by atoms with Crippen molar-refractivity contribution in [2.75, 3.05) is 6.61 Å². The predicted molar refractivity (Wildman–Crippen MR) is 75.2 cm³/mol. The molecule has 0 spiro atoms. The van der Waals surface area contributed by atoms with E-state index in [1.807, 2.05) is 6.92 Å². The molecule has 2 aliphatic rings. The second kappa shape index (κ2) is 5.51. The lowest BCUT2D eigenvalue weighted by Crippen LogP contribution is -2.44. The van der Waals surface area contributed by atoms with E-state index in [-0.39, 0.29) is 6.10 Å². The Morgan fingerprint density at radius 1 is 1.16 bits per heavy atom. The molecule has 1 N–H and O–H groups in total. The van der Waals surface area contributed by atoms with Crippen LogP contribution in [0.4, 0.5) is 0 Å². The Kier molecular flexibility index (Phi) is 3.76. The van der Waals surface area contributed by atoms with Crippen molar-refractivity contribution in [3.05, 3.63) is 29.8 Å². The Morgan fingerprint density at radius 2 is 1.79 bits per heavy atom. The molecule has 1 aromatic rings. The Bertz CT molecular complexity index is 403. The van der Waals surface area contributed by atoms with Gasteiger partial charge in [-0.1, -0.05) is 12.1 Å². The molecular formula is C16H23NO2. The summed E-state index contributed by atoms with van der Waals surface area (Å²) in [5.74, 6) is 0.947. The van der Waals surface area contributed by atoms with Crippen molar-refractivity contribution >= 4 is 0 Å². The molecule has 3 heteroatoms. The highest BCUT2D eigenvalue weighted by molar-refractivity contribution is 5.27. The van der Waals surface area contributed by atoms with Gasteiger partial charge in [0, 0.05) is 18.6 Å². The molecule has 2 unspecified atom stereocenters. The minimum Gasteiger partial charge on any atom is -0.494 e. The number of aliphatic hydroxyl groups is 1. The lowest BCUT2D eigenvalue weighted by Gasteiger charge is -2.37. The topological polar surface area (TPSA) is 32.7 Å². The fourth-order valence-corrected chi connectivity index (χ4v) is 3.57. The van der Waals surface area contributed by atoms with Crippen molar-refractivity contribution < 1.29 is 9.84 Å². The summed E-state index contributed by atoms with van der Waals surface area (Å²) in [7, 11) is 0. The number of hydrogen-bond donors (Lipinski definition) is 1. The van der Waals surface area contributed by atoms with Crippen molar-refractivity contribution in [1.29, 1.82) is 0 Å². The molecule has 104 valence electrons. The fourth-order valence-electron chi connectivity index (χ4n) is 3.57. The van der Waals surface area contributed by atoms with Crippen LogP contribution in [0.3, 0.4) is 0 Å². The summed E-state index contributed by atoms with van der Waals surface area (Å²) in [6.45, 7) is 3.73. The number of nitrogens with zero attached hydrogens (tertiary/aromatic N) is 1. The van der Waals surface area contributed by atoms with Crippen LogP contribution in [0.1, 0.15) is 38.2 Å². The second-order valence-corrected chi connectivity index (χ2v) is 5.76. The number of benzene rings is 1. The minimum absolute atomic E-state index is 0.0749. The maximum Gasteiger partial charge on any atom is 0.119 e. The first-order valence-corrected chi connectivity index (χ1v) is 7.42. The Morgan fingerprint density at radius 3 is 2.37 bits per heavy atom. The van der Waals surface area contributed by atoms with Crippen molar-refractivity contribution in [3.63, 3.8) is 0 Å². The van der Waals surface area contributed by atoms with E-state index in [9.17, 15) is 5.11 Å². The smallest absolute Gasteiger partial charge is 0.119 e. The van der Waals surface area contributed by atoms with Gasteiger partial charge in [-0.05, 0) is 50.3 Å². The predicted octanol–water partition coefficient (Wildman–Crippen LogP) is 2.57. The third-order valence-corrected chi connectivity index (χ3v) is 4.46. The van der Waals surface area contributed by atoms with Gasteiger partial charge in [0.25, 0.3) is 0 Å². The molecular weight excluding hydrogens is 238 g/mol.